The van der Waals surface area contributed by atoms with Crippen molar-refractivity contribution >= 4 is 11.6 Å². The van der Waals surface area contributed by atoms with Gasteiger partial charge >= 0.3 is 0 Å². The molecule has 0 aliphatic carbocycles. The van der Waals surface area contributed by atoms with Crippen molar-refractivity contribution in [2.24, 2.45) is 0 Å². The highest BCUT2D eigenvalue weighted by atomic mass is 16.1. The van der Waals surface area contributed by atoms with Crippen LogP contribution in [-0.2, 0) is 4.79 Å². The molecule has 1 aromatic carbocycles. The number of nitrogens with zero attached hydrogens (tertiary/aromatic N) is 2. The van der Waals surface area contributed by atoms with Crippen LogP contribution >= 0.6 is 0 Å². The van der Waals surface area contributed by atoms with Gasteiger partial charge in [0.05, 0.1) is 0 Å². The second kappa shape index (κ2) is 5.87. The van der Waals surface area contributed by atoms with Gasteiger partial charge in [-0.2, -0.15) is 5.26 Å². The van der Waals surface area contributed by atoms with Crippen LogP contribution in [0.15, 0.2) is 30.0 Å². The van der Waals surface area contributed by atoms with E-state index >= 15 is 0 Å². The molecule has 0 heterocycles. The molecule has 4 heteroatoms. The fourth-order valence-corrected chi connectivity index (χ4v) is 1.59. The van der Waals surface area contributed by atoms with Crippen molar-refractivity contribution in [1.82, 2.24) is 4.90 Å². The van der Waals surface area contributed by atoms with Crippen LogP contribution in [0.3, 0.4) is 0 Å². The van der Waals surface area contributed by atoms with Gasteiger partial charge in [-0.1, -0.05) is 18.2 Å². The first-order valence-electron chi connectivity index (χ1n) is 5.61. The van der Waals surface area contributed by atoms with Crippen molar-refractivity contribution < 1.29 is 4.79 Å². The summed E-state index contributed by atoms with van der Waals surface area (Å²) in [5.41, 5.74) is 2.81. The molecule has 4 nitrogen and oxygen atoms in total. The summed E-state index contributed by atoms with van der Waals surface area (Å²) in [6.07, 6.45) is 1.50. The second-order valence-electron chi connectivity index (χ2n) is 4.34. The zero-order chi connectivity index (χ0) is 13.7. The summed E-state index contributed by atoms with van der Waals surface area (Å²) >= 11 is 0. The summed E-state index contributed by atoms with van der Waals surface area (Å²) in [6.45, 7) is 3.84. The molecule has 0 atom stereocenters. The molecule has 0 saturated carbocycles. The molecule has 0 fully saturated rings. The molecular weight excluding hydrogens is 226 g/mol. The van der Waals surface area contributed by atoms with Crippen LogP contribution in [0.5, 0.6) is 0 Å². The highest BCUT2D eigenvalue weighted by molar-refractivity contribution is 6.07. The lowest BCUT2D eigenvalue weighted by molar-refractivity contribution is -0.112. The topological polar surface area (TPSA) is 56.1 Å². The van der Waals surface area contributed by atoms with Crippen molar-refractivity contribution in [3.8, 4) is 6.07 Å². The average molecular weight is 243 g/mol. The molecule has 1 rings (SSSR count). The first kappa shape index (κ1) is 13.8. The van der Waals surface area contributed by atoms with Gasteiger partial charge in [-0.3, -0.25) is 4.79 Å². The molecule has 18 heavy (non-hydrogen) atoms. The third kappa shape index (κ3) is 3.36. The quantitative estimate of drug-likeness (QED) is 0.654. The maximum atomic E-state index is 12.0. The Labute approximate surface area is 108 Å². The predicted octanol–water partition coefficient (Wildman–Crippen LogP) is 2.21. The summed E-state index contributed by atoms with van der Waals surface area (Å²) in [7, 11) is 3.53. The molecule has 0 saturated heterocycles. The highest BCUT2D eigenvalue weighted by Crippen LogP contribution is 2.19. The first-order valence-corrected chi connectivity index (χ1v) is 5.61. The van der Waals surface area contributed by atoms with Gasteiger partial charge in [-0.25, -0.2) is 0 Å². The van der Waals surface area contributed by atoms with Crippen molar-refractivity contribution in [3.05, 3.63) is 41.1 Å². The van der Waals surface area contributed by atoms with Crippen molar-refractivity contribution in [2.75, 3.05) is 19.4 Å². The minimum Gasteiger partial charge on any atom is -0.382 e. The highest BCUT2D eigenvalue weighted by Gasteiger charge is 2.12. The number of carbonyl (C=O) groups is 1. The molecule has 1 amide bonds. The monoisotopic (exact) mass is 243 g/mol. The van der Waals surface area contributed by atoms with E-state index in [1.54, 1.807) is 19.0 Å². The van der Waals surface area contributed by atoms with Gasteiger partial charge in [0.15, 0.2) is 0 Å². The number of amides is 1. The molecule has 1 N–H and O–H groups in total. The lowest BCUT2D eigenvalue weighted by Crippen LogP contribution is -2.17. The zero-order valence-corrected chi connectivity index (χ0v) is 11.1. The molecule has 0 bridgehead atoms. The Morgan fingerprint density at radius 1 is 1.33 bits per heavy atom. The summed E-state index contributed by atoms with van der Waals surface area (Å²) < 4.78 is 0. The van der Waals surface area contributed by atoms with Crippen LogP contribution in [0.4, 0.5) is 5.69 Å². The summed E-state index contributed by atoms with van der Waals surface area (Å²) in [4.78, 5) is 13.6. The minimum absolute atomic E-state index is 0.0858. The van der Waals surface area contributed by atoms with Gasteiger partial charge in [-0.15, -0.1) is 0 Å². The third-order valence-corrected chi connectivity index (χ3v) is 2.47. The van der Waals surface area contributed by atoms with E-state index < -0.39 is 0 Å². The van der Waals surface area contributed by atoms with E-state index in [2.05, 4.69) is 5.32 Å². The molecule has 0 unspecified atom stereocenters. The summed E-state index contributed by atoms with van der Waals surface area (Å²) in [5, 5.41) is 11.7. The fourth-order valence-electron chi connectivity index (χ4n) is 1.59. The van der Waals surface area contributed by atoms with E-state index in [1.807, 2.05) is 38.1 Å². The van der Waals surface area contributed by atoms with Crippen LogP contribution in [0, 0.1) is 25.2 Å². The number of nitriles is 1. The van der Waals surface area contributed by atoms with E-state index in [9.17, 15) is 4.79 Å². The summed E-state index contributed by atoms with van der Waals surface area (Å²) in [6, 6.07) is 7.67. The third-order valence-electron chi connectivity index (χ3n) is 2.47. The van der Waals surface area contributed by atoms with Gasteiger partial charge < -0.3 is 10.2 Å². The van der Waals surface area contributed by atoms with Gasteiger partial charge in [0, 0.05) is 26.0 Å². The summed E-state index contributed by atoms with van der Waals surface area (Å²) in [5.74, 6) is -0.386. The van der Waals surface area contributed by atoms with Crippen molar-refractivity contribution in [1.29, 1.82) is 5.26 Å². The molecule has 0 aliphatic rings. The number of anilines is 1. The molecule has 0 radical (unpaired) electrons. The van der Waals surface area contributed by atoms with E-state index in [1.165, 1.54) is 6.20 Å². The van der Waals surface area contributed by atoms with Crippen LogP contribution < -0.4 is 5.32 Å². The van der Waals surface area contributed by atoms with E-state index in [0.29, 0.717) is 0 Å². The Kier molecular flexibility index (Phi) is 4.50. The van der Waals surface area contributed by atoms with Gasteiger partial charge in [0.2, 0.25) is 0 Å². The van der Waals surface area contributed by atoms with Gasteiger partial charge in [-0.05, 0) is 25.0 Å². The van der Waals surface area contributed by atoms with Crippen molar-refractivity contribution in [3.63, 3.8) is 0 Å². The van der Waals surface area contributed by atoms with Crippen LogP contribution in [-0.4, -0.2) is 24.9 Å². The Hall–Kier alpha value is -2.28. The smallest absolute Gasteiger partial charge is 0.267 e. The number of hydrogen-bond acceptors (Lipinski definition) is 3. The van der Waals surface area contributed by atoms with E-state index in [0.717, 1.165) is 16.8 Å². The Morgan fingerprint density at radius 2 is 1.89 bits per heavy atom. The van der Waals surface area contributed by atoms with Gasteiger partial charge in [0.25, 0.3) is 5.91 Å². The number of para-hydroxylation sites is 1. The lowest BCUT2D eigenvalue weighted by Gasteiger charge is -2.12. The maximum absolute atomic E-state index is 12.0. The maximum Gasteiger partial charge on any atom is 0.267 e. The Bertz CT molecular complexity index is 504. The minimum atomic E-state index is -0.386. The SMILES string of the molecule is Cc1cccc(C)c1NC(=O)/C(C#N)=C/N(C)C. The number of carbonyl (C=O) groups excluding carboxylic acids is 1. The number of hydrogen-bond donors (Lipinski definition) is 1. The average Bonchev–Trinajstić information content (AvgIpc) is 2.30. The largest absolute Gasteiger partial charge is 0.382 e. The number of aryl methyl sites for hydroxylation is 2. The molecule has 1 aromatic rings. The zero-order valence-electron chi connectivity index (χ0n) is 11.1. The van der Waals surface area contributed by atoms with Crippen molar-refractivity contribution in [2.45, 2.75) is 13.8 Å². The number of rotatable bonds is 3. The van der Waals surface area contributed by atoms with Crippen LogP contribution in [0.2, 0.25) is 0 Å². The second-order valence-corrected chi connectivity index (χ2v) is 4.34. The van der Waals surface area contributed by atoms with E-state index in [4.69, 9.17) is 5.26 Å². The fraction of sp³-hybridized carbons (Fsp3) is 0.286. The Morgan fingerprint density at radius 3 is 2.33 bits per heavy atom. The van der Waals surface area contributed by atoms with Gasteiger partial charge in [0.1, 0.15) is 11.6 Å². The first-order chi connectivity index (χ1) is 8.45. The predicted molar refractivity (Wildman–Crippen MR) is 71.9 cm³/mol. The van der Waals surface area contributed by atoms with Crippen LogP contribution in [0.25, 0.3) is 0 Å². The molecule has 94 valence electrons. The molecule has 0 aromatic heterocycles. The van der Waals surface area contributed by atoms with Crippen LogP contribution in [0.1, 0.15) is 11.1 Å². The standard InChI is InChI=1S/C14H17N3O/c1-10-6-5-7-11(2)13(10)16-14(18)12(8-15)9-17(3)4/h5-7,9H,1-4H3,(H,16,18)/b12-9+. The molecule has 0 aliphatic heterocycles. The number of benzene rings is 1. The van der Waals surface area contributed by atoms with E-state index in [-0.39, 0.29) is 11.5 Å². The lowest BCUT2D eigenvalue weighted by atomic mass is 10.1. The number of nitrogens with one attached hydrogen (secondary N) is 1. The molecular formula is C14H17N3O. The normalized spacial score (nSPS) is 10.7. The Balaban J connectivity index is 2.98. The molecule has 0 spiro atoms.